The number of nitrogens with one attached hydrogen (secondary N) is 1. The first-order valence-corrected chi connectivity index (χ1v) is 11.8. The molecule has 0 bridgehead atoms. The SMILES string of the molecule is CCn1c(Nc2c(C)nn(Cc3ccccc3)c2C)nc2sc3c(c2c1=O)CCCC3. The molecule has 7 heteroatoms. The monoisotopic (exact) mass is 433 g/mol. The molecule has 0 spiro atoms. The van der Waals surface area contributed by atoms with E-state index in [1.165, 1.54) is 22.4 Å². The van der Waals surface area contributed by atoms with Crippen molar-refractivity contribution in [1.82, 2.24) is 19.3 Å². The van der Waals surface area contributed by atoms with E-state index in [4.69, 9.17) is 10.1 Å². The average molecular weight is 434 g/mol. The van der Waals surface area contributed by atoms with Crippen LogP contribution in [0.15, 0.2) is 35.1 Å². The fraction of sp³-hybridized carbons (Fsp3) is 0.375. The van der Waals surface area contributed by atoms with Crippen LogP contribution in [0.1, 0.15) is 47.2 Å². The van der Waals surface area contributed by atoms with Crippen LogP contribution in [0.25, 0.3) is 10.2 Å². The van der Waals surface area contributed by atoms with Crippen LogP contribution in [0.3, 0.4) is 0 Å². The number of hydrogen-bond acceptors (Lipinski definition) is 5. The summed E-state index contributed by atoms with van der Waals surface area (Å²) in [5, 5.41) is 9.02. The second-order valence-corrected chi connectivity index (χ2v) is 9.27. The van der Waals surface area contributed by atoms with Gasteiger partial charge in [-0.2, -0.15) is 5.10 Å². The summed E-state index contributed by atoms with van der Waals surface area (Å²) in [4.78, 5) is 20.5. The van der Waals surface area contributed by atoms with E-state index in [9.17, 15) is 4.79 Å². The van der Waals surface area contributed by atoms with Gasteiger partial charge in [0.15, 0.2) is 0 Å². The smallest absolute Gasteiger partial charge is 0.263 e. The molecule has 6 nitrogen and oxygen atoms in total. The van der Waals surface area contributed by atoms with Crippen LogP contribution in [0.5, 0.6) is 0 Å². The lowest BCUT2D eigenvalue weighted by atomic mass is 9.97. The molecule has 1 N–H and O–H groups in total. The maximum Gasteiger partial charge on any atom is 0.263 e. The molecule has 1 aromatic carbocycles. The molecule has 0 fully saturated rings. The molecule has 0 amide bonds. The van der Waals surface area contributed by atoms with Crippen molar-refractivity contribution in [3.05, 3.63) is 68.1 Å². The third-order valence-electron chi connectivity index (χ3n) is 6.18. The number of rotatable bonds is 5. The summed E-state index contributed by atoms with van der Waals surface area (Å²) in [5.41, 5.74) is 5.36. The molecule has 3 heterocycles. The van der Waals surface area contributed by atoms with E-state index in [0.29, 0.717) is 19.0 Å². The van der Waals surface area contributed by atoms with Gasteiger partial charge in [-0.25, -0.2) is 4.98 Å². The number of benzene rings is 1. The molecule has 0 aliphatic heterocycles. The number of aromatic nitrogens is 4. The van der Waals surface area contributed by atoms with Crippen LogP contribution < -0.4 is 10.9 Å². The zero-order chi connectivity index (χ0) is 21.5. The second kappa shape index (κ2) is 7.96. The summed E-state index contributed by atoms with van der Waals surface area (Å²) in [6.07, 6.45) is 4.41. The topological polar surface area (TPSA) is 64.7 Å². The van der Waals surface area contributed by atoms with Crippen molar-refractivity contribution in [3.8, 4) is 0 Å². The number of thiophene rings is 1. The van der Waals surface area contributed by atoms with Gasteiger partial charge in [-0.05, 0) is 57.6 Å². The Hall–Kier alpha value is -2.93. The van der Waals surface area contributed by atoms with Crippen LogP contribution in [-0.2, 0) is 25.9 Å². The van der Waals surface area contributed by atoms with Crippen molar-refractivity contribution in [1.29, 1.82) is 0 Å². The molecule has 160 valence electrons. The molecule has 0 saturated heterocycles. The van der Waals surface area contributed by atoms with Gasteiger partial charge in [0.2, 0.25) is 5.95 Å². The Bertz CT molecular complexity index is 1320. The van der Waals surface area contributed by atoms with Gasteiger partial charge in [0.1, 0.15) is 4.83 Å². The molecule has 1 aliphatic rings. The van der Waals surface area contributed by atoms with E-state index in [-0.39, 0.29) is 5.56 Å². The first kappa shape index (κ1) is 20.0. The zero-order valence-corrected chi connectivity index (χ0v) is 19.1. The van der Waals surface area contributed by atoms with E-state index in [0.717, 1.165) is 46.6 Å². The standard InChI is InChI=1S/C24H27N5OS/c1-4-28-23(30)20-18-12-8-9-13-19(18)31-22(20)26-24(28)25-21-15(2)27-29(16(21)3)14-17-10-6-5-7-11-17/h5-7,10-11H,4,8-9,12-14H2,1-3H3,(H,25,26). The first-order valence-electron chi connectivity index (χ1n) is 11.0. The molecule has 0 unspecified atom stereocenters. The van der Waals surface area contributed by atoms with Gasteiger partial charge in [0.25, 0.3) is 5.56 Å². The highest BCUT2D eigenvalue weighted by molar-refractivity contribution is 7.18. The van der Waals surface area contributed by atoms with Crippen molar-refractivity contribution in [2.45, 2.75) is 59.5 Å². The van der Waals surface area contributed by atoms with Gasteiger partial charge >= 0.3 is 0 Å². The molecule has 4 aromatic rings. The van der Waals surface area contributed by atoms with E-state index in [2.05, 4.69) is 24.4 Å². The fourth-order valence-corrected chi connectivity index (χ4v) is 5.78. The molecule has 3 aromatic heterocycles. The Morgan fingerprint density at radius 3 is 2.68 bits per heavy atom. The Morgan fingerprint density at radius 1 is 1.13 bits per heavy atom. The summed E-state index contributed by atoms with van der Waals surface area (Å²) >= 11 is 1.69. The fourth-order valence-electron chi connectivity index (χ4n) is 4.53. The van der Waals surface area contributed by atoms with Crippen LogP contribution in [-0.4, -0.2) is 19.3 Å². The molecule has 0 saturated carbocycles. The highest BCUT2D eigenvalue weighted by Crippen LogP contribution is 2.35. The maximum absolute atomic E-state index is 13.4. The van der Waals surface area contributed by atoms with Gasteiger partial charge in [0, 0.05) is 11.4 Å². The lowest BCUT2D eigenvalue weighted by Gasteiger charge is -2.14. The predicted octanol–water partition coefficient (Wildman–Crippen LogP) is 4.96. The van der Waals surface area contributed by atoms with E-state index < -0.39 is 0 Å². The van der Waals surface area contributed by atoms with Crippen LogP contribution >= 0.6 is 11.3 Å². The Morgan fingerprint density at radius 2 is 1.90 bits per heavy atom. The van der Waals surface area contributed by atoms with E-state index >= 15 is 0 Å². The number of anilines is 2. The maximum atomic E-state index is 13.4. The van der Waals surface area contributed by atoms with Gasteiger partial charge < -0.3 is 5.32 Å². The van der Waals surface area contributed by atoms with Gasteiger partial charge in [-0.3, -0.25) is 14.0 Å². The lowest BCUT2D eigenvalue weighted by Crippen LogP contribution is -2.24. The number of nitrogens with zero attached hydrogens (tertiary/aromatic N) is 4. The third kappa shape index (κ3) is 3.47. The van der Waals surface area contributed by atoms with E-state index in [1.54, 1.807) is 15.9 Å². The highest BCUT2D eigenvalue weighted by Gasteiger charge is 2.22. The molecular weight excluding hydrogens is 406 g/mol. The highest BCUT2D eigenvalue weighted by atomic mass is 32.1. The summed E-state index contributed by atoms with van der Waals surface area (Å²) in [6.45, 7) is 7.33. The van der Waals surface area contributed by atoms with Crippen molar-refractivity contribution in [2.75, 3.05) is 5.32 Å². The largest absolute Gasteiger partial charge is 0.322 e. The number of aryl methyl sites for hydroxylation is 3. The molecule has 0 atom stereocenters. The zero-order valence-electron chi connectivity index (χ0n) is 18.2. The molecule has 31 heavy (non-hydrogen) atoms. The van der Waals surface area contributed by atoms with Gasteiger partial charge in [0.05, 0.1) is 29.0 Å². The summed E-state index contributed by atoms with van der Waals surface area (Å²) < 4.78 is 3.77. The average Bonchev–Trinajstić information content (AvgIpc) is 3.27. The van der Waals surface area contributed by atoms with Crippen molar-refractivity contribution < 1.29 is 0 Å². The molecular formula is C24H27N5OS. The summed E-state index contributed by atoms with van der Waals surface area (Å²) in [6, 6.07) is 10.3. The second-order valence-electron chi connectivity index (χ2n) is 8.19. The molecule has 0 radical (unpaired) electrons. The van der Waals surface area contributed by atoms with Crippen molar-refractivity contribution in [2.24, 2.45) is 0 Å². The Labute approximate surface area is 185 Å². The lowest BCUT2D eigenvalue weighted by molar-refractivity contribution is 0.659. The third-order valence-corrected chi connectivity index (χ3v) is 7.37. The molecule has 5 rings (SSSR count). The van der Waals surface area contributed by atoms with E-state index in [1.807, 2.05) is 36.7 Å². The van der Waals surface area contributed by atoms with Crippen LogP contribution in [0, 0.1) is 13.8 Å². The predicted molar refractivity (Wildman–Crippen MR) is 127 cm³/mol. The minimum absolute atomic E-state index is 0.0707. The summed E-state index contributed by atoms with van der Waals surface area (Å²) in [7, 11) is 0. The van der Waals surface area contributed by atoms with Crippen LogP contribution in [0.2, 0.25) is 0 Å². The Balaban J connectivity index is 1.56. The first-order chi connectivity index (χ1) is 15.1. The summed E-state index contributed by atoms with van der Waals surface area (Å²) in [5.74, 6) is 0.601. The quantitative estimate of drug-likeness (QED) is 0.483. The Kier molecular flexibility index (Phi) is 5.14. The van der Waals surface area contributed by atoms with Crippen molar-refractivity contribution in [3.63, 3.8) is 0 Å². The van der Waals surface area contributed by atoms with Gasteiger partial charge in [-0.1, -0.05) is 30.3 Å². The van der Waals surface area contributed by atoms with Crippen LogP contribution in [0.4, 0.5) is 11.6 Å². The number of fused-ring (bicyclic) bond motifs is 3. The molecule has 1 aliphatic carbocycles. The number of hydrogen-bond donors (Lipinski definition) is 1. The minimum Gasteiger partial charge on any atom is -0.322 e. The van der Waals surface area contributed by atoms with Crippen molar-refractivity contribution >= 4 is 33.2 Å². The van der Waals surface area contributed by atoms with Gasteiger partial charge in [-0.15, -0.1) is 11.3 Å². The normalized spacial score (nSPS) is 13.5. The minimum atomic E-state index is 0.0707.